The Morgan fingerprint density at radius 2 is 1.96 bits per heavy atom. The maximum atomic E-state index is 12.8. The first-order valence-corrected chi connectivity index (χ1v) is 9.81. The number of aromatic nitrogens is 2. The summed E-state index contributed by atoms with van der Waals surface area (Å²) in [6.45, 7) is 4.17. The van der Waals surface area contributed by atoms with Gasteiger partial charge in [-0.05, 0) is 29.8 Å². The molecule has 0 unspecified atom stereocenters. The number of benzene rings is 2. The lowest BCUT2D eigenvalue weighted by atomic mass is 9.83. The number of allylic oxidation sites excluding steroid dienone is 2. The van der Waals surface area contributed by atoms with Crippen LogP contribution >= 0.6 is 15.9 Å². The third-order valence-corrected chi connectivity index (χ3v) is 5.84. The number of hydrogen-bond acceptors (Lipinski definition) is 4. The molecule has 28 heavy (non-hydrogen) atoms. The molecule has 0 N–H and O–H groups in total. The number of fused-ring (bicyclic) bond motifs is 2. The van der Waals surface area contributed by atoms with Crippen LogP contribution in [0.15, 0.2) is 69.8 Å². The molecule has 6 heteroatoms. The lowest BCUT2D eigenvalue weighted by Crippen LogP contribution is -2.27. The van der Waals surface area contributed by atoms with E-state index in [9.17, 15) is 9.59 Å². The Kier molecular flexibility index (Phi) is 4.46. The summed E-state index contributed by atoms with van der Waals surface area (Å²) in [5.74, 6) is -0.138. The fraction of sp³-hybridized carbons (Fsp3) is 0.227. The van der Waals surface area contributed by atoms with Crippen LogP contribution in [0.1, 0.15) is 19.4 Å². The monoisotopic (exact) mass is 437 g/mol. The van der Waals surface area contributed by atoms with Crippen molar-refractivity contribution in [3.63, 3.8) is 0 Å². The first-order valence-electron chi connectivity index (χ1n) is 9.02. The zero-order chi connectivity index (χ0) is 20.1. The molecular formula is C22H20BrN3O2. The molecule has 0 saturated heterocycles. The minimum absolute atomic E-state index is 0.0436. The molecule has 0 amide bonds. The molecule has 2 heterocycles. The first kappa shape index (κ1) is 18.6. The van der Waals surface area contributed by atoms with Gasteiger partial charge in [-0.2, -0.15) is 0 Å². The molecule has 0 spiro atoms. The highest BCUT2D eigenvalue weighted by molar-refractivity contribution is 9.10. The highest BCUT2D eigenvalue weighted by atomic mass is 79.9. The third-order valence-electron chi connectivity index (χ3n) is 5.35. The summed E-state index contributed by atoms with van der Waals surface area (Å²) in [7, 11) is 1.97. The van der Waals surface area contributed by atoms with E-state index < -0.39 is 0 Å². The van der Waals surface area contributed by atoms with Crippen LogP contribution in [0, 0.1) is 0 Å². The molecule has 0 radical (unpaired) electrons. The van der Waals surface area contributed by atoms with Gasteiger partial charge in [0.05, 0.1) is 23.8 Å². The highest BCUT2D eigenvalue weighted by Crippen LogP contribution is 2.46. The second-order valence-corrected chi connectivity index (χ2v) is 8.45. The summed E-state index contributed by atoms with van der Waals surface area (Å²) in [4.78, 5) is 31.9. The van der Waals surface area contributed by atoms with Gasteiger partial charge in [0, 0.05) is 34.4 Å². The molecule has 0 fully saturated rings. The van der Waals surface area contributed by atoms with Crippen LogP contribution in [0.5, 0.6) is 0 Å². The second kappa shape index (κ2) is 6.71. The lowest BCUT2D eigenvalue weighted by molar-refractivity contribution is -0.115. The summed E-state index contributed by atoms with van der Waals surface area (Å²) in [6, 6.07) is 13.5. The van der Waals surface area contributed by atoms with Crippen LogP contribution in [-0.2, 0) is 16.8 Å². The average molecular weight is 438 g/mol. The van der Waals surface area contributed by atoms with Crippen LogP contribution < -0.4 is 10.5 Å². The predicted molar refractivity (Wildman–Crippen MR) is 115 cm³/mol. The predicted octanol–water partition coefficient (Wildman–Crippen LogP) is 4.04. The Hall–Kier alpha value is -2.73. The fourth-order valence-electron chi connectivity index (χ4n) is 3.87. The van der Waals surface area contributed by atoms with Gasteiger partial charge in [-0.3, -0.25) is 14.2 Å². The summed E-state index contributed by atoms with van der Waals surface area (Å²) >= 11 is 3.38. The van der Waals surface area contributed by atoms with Crippen LogP contribution in [0.3, 0.4) is 0 Å². The van der Waals surface area contributed by atoms with E-state index in [0.29, 0.717) is 10.9 Å². The van der Waals surface area contributed by atoms with E-state index >= 15 is 0 Å². The van der Waals surface area contributed by atoms with E-state index in [-0.39, 0.29) is 23.3 Å². The smallest absolute Gasteiger partial charge is 0.261 e. The van der Waals surface area contributed by atoms with Crippen LogP contribution in [0.4, 0.5) is 5.69 Å². The van der Waals surface area contributed by atoms with Crippen molar-refractivity contribution in [2.24, 2.45) is 0 Å². The summed E-state index contributed by atoms with van der Waals surface area (Å²) in [6.07, 6.45) is 3.09. The quantitative estimate of drug-likeness (QED) is 0.580. The molecule has 1 aliphatic heterocycles. The van der Waals surface area contributed by atoms with Crippen LogP contribution in [-0.4, -0.2) is 22.4 Å². The Bertz CT molecular complexity index is 1190. The molecule has 0 saturated carbocycles. The number of halogens is 1. The van der Waals surface area contributed by atoms with E-state index in [2.05, 4.69) is 46.9 Å². The van der Waals surface area contributed by atoms with Gasteiger partial charge >= 0.3 is 0 Å². The number of ketones is 1. The van der Waals surface area contributed by atoms with Crippen molar-refractivity contribution in [3.8, 4) is 0 Å². The standard InChI is InChI=1S/C22H20BrN3O2/c1-22(2)17-6-4-5-7-19(17)25(3)20(22)11-15(27)12-26-13-24-18-9-8-14(23)10-16(18)21(26)28/h4-11,13H,12H2,1-3H3/b20-11-. The molecule has 3 aromatic rings. The van der Waals surface area contributed by atoms with Crippen molar-refractivity contribution in [1.29, 1.82) is 0 Å². The maximum absolute atomic E-state index is 12.8. The number of para-hydroxylation sites is 1. The van der Waals surface area contributed by atoms with Crippen molar-refractivity contribution in [3.05, 3.63) is 81.0 Å². The van der Waals surface area contributed by atoms with Crippen molar-refractivity contribution < 1.29 is 4.79 Å². The Labute approximate surface area is 171 Å². The lowest BCUT2D eigenvalue weighted by Gasteiger charge is -2.24. The van der Waals surface area contributed by atoms with E-state index in [0.717, 1.165) is 15.9 Å². The number of carbonyl (C=O) groups excluding carboxylic acids is 1. The normalized spacial score (nSPS) is 16.6. The minimum Gasteiger partial charge on any atom is -0.347 e. The minimum atomic E-state index is -0.279. The number of nitrogens with zero attached hydrogens (tertiary/aromatic N) is 3. The van der Waals surface area contributed by atoms with Crippen molar-refractivity contribution in [1.82, 2.24) is 9.55 Å². The third kappa shape index (κ3) is 2.98. The van der Waals surface area contributed by atoms with Gasteiger partial charge in [-0.1, -0.05) is 48.0 Å². The number of carbonyl (C=O) groups is 1. The fourth-order valence-corrected chi connectivity index (χ4v) is 4.23. The molecule has 0 bridgehead atoms. The molecule has 2 aromatic carbocycles. The van der Waals surface area contributed by atoms with E-state index in [1.165, 1.54) is 16.5 Å². The Morgan fingerprint density at radius 3 is 2.71 bits per heavy atom. The van der Waals surface area contributed by atoms with Crippen molar-refractivity contribution in [2.75, 3.05) is 11.9 Å². The van der Waals surface area contributed by atoms with Crippen molar-refractivity contribution >= 4 is 38.3 Å². The van der Waals surface area contributed by atoms with Gasteiger partial charge in [-0.15, -0.1) is 0 Å². The average Bonchev–Trinajstić information content (AvgIpc) is 2.86. The van der Waals surface area contributed by atoms with Gasteiger partial charge in [0.25, 0.3) is 5.56 Å². The topological polar surface area (TPSA) is 55.2 Å². The molecule has 142 valence electrons. The molecule has 0 aliphatic carbocycles. The molecule has 4 rings (SSSR count). The molecule has 1 aromatic heterocycles. The van der Waals surface area contributed by atoms with Gasteiger partial charge in [0.15, 0.2) is 5.78 Å². The summed E-state index contributed by atoms with van der Waals surface area (Å²) < 4.78 is 2.17. The van der Waals surface area contributed by atoms with Crippen molar-refractivity contribution in [2.45, 2.75) is 25.8 Å². The molecule has 0 atom stereocenters. The van der Waals surface area contributed by atoms with Gasteiger partial charge in [0.1, 0.15) is 0 Å². The molecule has 5 nitrogen and oxygen atoms in total. The van der Waals surface area contributed by atoms with E-state index in [4.69, 9.17) is 0 Å². The van der Waals surface area contributed by atoms with E-state index in [1.807, 2.05) is 30.1 Å². The first-order chi connectivity index (χ1) is 13.3. The zero-order valence-electron chi connectivity index (χ0n) is 15.9. The number of anilines is 1. The largest absolute Gasteiger partial charge is 0.347 e. The van der Waals surface area contributed by atoms with Gasteiger partial charge < -0.3 is 4.90 Å². The molecular weight excluding hydrogens is 418 g/mol. The highest BCUT2D eigenvalue weighted by Gasteiger charge is 2.38. The van der Waals surface area contributed by atoms with Gasteiger partial charge in [0.2, 0.25) is 0 Å². The number of rotatable bonds is 3. The van der Waals surface area contributed by atoms with Gasteiger partial charge in [-0.25, -0.2) is 4.98 Å². The summed E-state index contributed by atoms with van der Waals surface area (Å²) in [5, 5.41) is 0.489. The molecule has 1 aliphatic rings. The maximum Gasteiger partial charge on any atom is 0.261 e. The van der Waals surface area contributed by atoms with Crippen LogP contribution in [0.25, 0.3) is 10.9 Å². The SMILES string of the molecule is CN1/C(=C\C(=O)Cn2cnc3ccc(Br)cc3c2=O)C(C)(C)c2ccccc21. The zero-order valence-corrected chi connectivity index (χ0v) is 17.5. The number of likely N-dealkylation sites (N-methyl/N-ethyl adjacent to an activating group) is 1. The Morgan fingerprint density at radius 1 is 1.21 bits per heavy atom. The Balaban J connectivity index is 1.68. The van der Waals surface area contributed by atoms with E-state index in [1.54, 1.807) is 18.2 Å². The second-order valence-electron chi connectivity index (χ2n) is 7.54. The van der Waals surface area contributed by atoms with Crippen LogP contribution in [0.2, 0.25) is 0 Å². The number of hydrogen-bond donors (Lipinski definition) is 0. The summed E-state index contributed by atoms with van der Waals surface area (Å²) in [5.41, 5.74) is 3.32.